The van der Waals surface area contributed by atoms with Gasteiger partial charge in [0.1, 0.15) is 0 Å². The van der Waals surface area contributed by atoms with Gasteiger partial charge in [0.05, 0.1) is 0 Å². The SMILES string of the molecule is CC1=C(/C=C/C(C)=C\C=C\C(C)=C\C(=O)O)C(C)(C)CCC1.[HH]. The molecule has 0 fully saturated rings. The third kappa shape index (κ3) is 5.88. The summed E-state index contributed by atoms with van der Waals surface area (Å²) in [5.41, 5.74) is 5.09. The molecule has 0 heterocycles. The van der Waals surface area contributed by atoms with Crippen molar-refractivity contribution in [3.05, 3.63) is 58.7 Å². The first-order valence-corrected chi connectivity index (χ1v) is 7.87. The van der Waals surface area contributed by atoms with Crippen molar-refractivity contribution >= 4 is 5.97 Å². The van der Waals surface area contributed by atoms with Gasteiger partial charge in [0.2, 0.25) is 0 Å². The van der Waals surface area contributed by atoms with Gasteiger partial charge >= 0.3 is 5.97 Å². The van der Waals surface area contributed by atoms with E-state index < -0.39 is 5.97 Å². The molecule has 1 aliphatic rings. The quantitative estimate of drug-likeness (QED) is 0.511. The van der Waals surface area contributed by atoms with E-state index >= 15 is 0 Å². The highest BCUT2D eigenvalue weighted by Gasteiger charge is 2.26. The first kappa shape index (κ1) is 18.2. The van der Waals surface area contributed by atoms with Gasteiger partial charge in [-0.15, -0.1) is 0 Å². The molecule has 0 aromatic rings. The largest absolute Gasteiger partial charge is 0.478 e. The summed E-state index contributed by atoms with van der Waals surface area (Å²) >= 11 is 0. The predicted octanol–water partition coefficient (Wildman–Crippen LogP) is 5.85. The Morgan fingerprint density at radius 2 is 1.91 bits per heavy atom. The Bertz CT molecular complexity index is 572. The molecule has 0 amide bonds. The summed E-state index contributed by atoms with van der Waals surface area (Å²) in [7, 11) is 0. The molecule has 0 atom stereocenters. The number of aliphatic carboxylic acids is 1. The van der Waals surface area contributed by atoms with Crippen LogP contribution in [0.3, 0.4) is 0 Å². The fourth-order valence-electron chi connectivity index (χ4n) is 2.88. The second-order valence-electron chi connectivity index (χ2n) is 6.76. The Morgan fingerprint density at radius 3 is 2.50 bits per heavy atom. The van der Waals surface area contributed by atoms with Crippen molar-refractivity contribution in [1.29, 1.82) is 0 Å². The number of rotatable bonds is 5. The predicted molar refractivity (Wildman–Crippen MR) is 95.9 cm³/mol. The second-order valence-corrected chi connectivity index (χ2v) is 6.76. The number of hydrogen-bond acceptors (Lipinski definition) is 1. The van der Waals surface area contributed by atoms with Gasteiger partial charge in [0.15, 0.2) is 0 Å². The molecule has 0 bridgehead atoms. The van der Waals surface area contributed by atoms with Crippen LogP contribution in [0.25, 0.3) is 0 Å². The van der Waals surface area contributed by atoms with Gasteiger partial charge in [-0.1, -0.05) is 55.4 Å². The van der Waals surface area contributed by atoms with Gasteiger partial charge < -0.3 is 5.11 Å². The first-order valence-electron chi connectivity index (χ1n) is 7.87. The highest BCUT2D eigenvalue weighted by molar-refractivity contribution is 5.81. The number of carboxylic acids is 1. The normalized spacial score (nSPS) is 20.2. The lowest BCUT2D eigenvalue weighted by atomic mass is 9.72. The van der Waals surface area contributed by atoms with Crippen LogP contribution in [0.1, 0.15) is 55.3 Å². The van der Waals surface area contributed by atoms with E-state index in [1.807, 2.05) is 12.2 Å². The Morgan fingerprint density at radius 1 is 1.23 bits per heavy atom. The van der Waals surface area contributed by atoms with Crippen LogP contribution in [0.4, 0.5) is 0 Å². The Labute approximate surface area is 136 Å². The number of hydrogen-bond donors (Lipinski definition) is 1. The van der Waals surface area contributed by atoms with Gasteiger partial charge in [0, 0.05) is 7.50 Å². The molecular formula is C20H30O2. The maximum atomic E-state index is 10.5. The molecule has 0 aromatic carbocycles. The van der Waals surface area contributed by atoms with Crippen LogP contribution in [0, 0.1) is 5.41 Å². The van der Waals surface area contributed by atoms with Gasteiger partial charge in [-0.25, -0.2) is 4.79 Å². The monoisotopic (exact) mass is 302 g/mol. The van der Waals surface area contributed by atoms with E-state index in [2.05, 4.69) is 39.8 Å². The molecule has 0 aromatic heterocycles. The van der Waals surface area contributed by atoms with Crippen molar-refractivity contribution in [2.75, 3.05) is 0 Å². The average molecular weight is 302 g/mol. The minimum Gasteiger partial charge on any atom is -0.478 e. The van der Waals surface area contributed by atoms with Gasteiger partial charge in [-0.3, -0.25) is 0 Å². The molecule has 0 saturated carbocycles. The standard InChI is InChI=1S/C20H28O2.H2/c1-15(8-6-9-16(2)14-19(21)22)11-12-18-17(3)10-7-13-20(18,4)5;/h6,8-9,11-12,14H,7,10,13H2,1-5H3,(H,21,22);1H/b9-6+,12-11+,15-8-,16-14+;. The molecule has 0 aliphatic heterocycles. The lowest BCUT2D eigenvalue weighted by molar-refractivity contribution is -0.131. The molecule has 122 valence electrons. The molecule has 1 rings (SSSR count). The van der Waals surface area contributed by atoms with Gasteiger partial charge in [-0.05, 0) is 56.6 Å². The summed E-state index contributed by atoms with van der Waals surface area (Å²) < 4.78 is 0. The smallest absolute Gasteiger partial charge is 0.328 e. The van der Waals surface area contributed by atoms with Crippen molar-refractivity contribution in [1.82, 2.24) is 0 Å². The number of carbonyl (C=O) groups is 1. The van der Waals surface area contributed by atoms with Crippen LogP contribution in [0.2, 0.25) is 0 Å². The molecular weight excluding hydrogens is 272 g/mol. The fraction of sp³-hybridized carbons (Fsp3) is 0.450. The molecule has 0 unspecified atom stereocenters. The number of allylic oxidation sites excluding steroid dienone is 9. The summed E-state index contributed by atoms with van der Waals surface area (Å²) in [6.45, 7) is 10.7. The highest BCUT2D eigenvalue weighted by atomic mass is 16.4. The lowest BCUT2D eigenvalue weighted by Gasteiger charge is -2.32. The third-order valence-corrected chi connectivity index (χ3v) is 4.12. The Kier molecular flexibility index (Phi) is 6.61. The maximum absolute atomic E-state index is 10.5. The zero-order chi connectivity index (χ0) is 16.8. The van der Waals surface area contributed by atoms with E-state index in [1.165, 1.54) is 36.5 Å². The summed E-state index contributed by atoms with van der Waals surface area (Å²) in [6.07, 6.45) is 15.0. The molecule has 0 saturated heterocycles. The van der Waals surface area contributed by atoms with Crippen molar-refractivity contribution in [3.63, 3.8) is 0 Å². The van der Waals surface area contributed by atoms with E-state index in [0.717, 1.165) is 11.1 Å². The Balaban J connectivity index is 0.00000484. The highest BCUT2D eigenvalue weighted by Crippen LogP contribution is 2.40. The van der Waals surface area contributed by atoms with Crippen molar-refractivity contribution < 1.29 is 11.3 Å². The molecule has 0 spiro atoms. The van der Waals surface area contributed by atoms with E-state index in [4.69, 9.17) is 5.11 Å². The first-order chi connectivity index (χ1) is 10.2. The molecule has 22 heavy (non-hydrogen) atoms. The average Bonchev–Trinajstić information content (AvgIpc) is 2.36. The third-order valence-electron chi connectivity index (χ3n) is 4.12. The Hall–Kier alpha value is -1.83. The van der Waals surface area contributed by atoms with Crippen LogP contribution in [-0.2, 0) is 4.79 Å². The van der Waals surface area contributed by atoms with Crippen LogP contribution < -0.4 is 0 Å². The molecule has 2 heteroatoms. The van der Waals surface area contributed by atoms with Crippen molar-refractivity contribution in [2.24, 2.45) is 5.41 Å². The molecule has 2 nitrogen and oxygen atoms in total. The summed E-state index contributed by atoms with van der Waals surface area (Å²) in [6, 6.07) is 0. The summed E-state index contributed by atoms with van der Waals surface area (Å²) in [5.74, 6) is -0.912. The summed E-state index contributed by atoms with van der Waals surface area (Å²) in [5, 5.41) is 8.65. The van der Waals surface area contributed by atoms with E-state index in [1.54, 1.807) is 13.0 Å². The second kappa shape index (κ2) is 7.98. The van der Waals surface area contributed by atoms with Crippen molar-refractivity contribution in [2.45, 2.75) is 53.9 Å². The lowest BCUT2D eigenvalue weighted by Crippen LogP contribution is -2.19. The summed E-state index contributed by atoms with van der Waals surface area (Å²) in [4.78, 5) is 10.5. The van der Waals surface area contributed by atoms with E-state index in [-0.39, 0.29) is 6.84 Å². The van der Waals surface area contributed by atoms with Crippen molar-refractivity contribution in [3.8, 4) is 0 Å². The topological polar surface area (TPSA) is 37.3 Å². The number of carboxylic acid groups (broad SMARTS) is 1. The molecule has 1 N–H and O–H groups in total. The minimum absolute atomic E-state index is 0. The van der Waals surface area contributed by atoms with Gasteiger partial charge in [0.25, 0.3) is 0 Å². The van der Waals surface area contributed by atoms with Crippen LogP contribution in [0.15, 0.2) is 58.7 Å². The van der Waals surface area contributed by atoms with E-state index in [9.17, 15) is 4.79 Å². The zero-order valence-electron chi connectivity index (χ0n) is 14.4. The van der Waals surface area contributed by atoms with Crippen LogP contribution in [0.5, 0.6) is 0 Å². The van der Waals surface area contributed by atoms with Crippen LogP contribution in [-0.4, -0.2) is 11.1 Å². The zero-order valence-corrected chi connectivity index (χ0v) is 14.4. The minimum atomic E-state index is -0.912. The molecule has 1 aliphatic carbocycles. The van der Waals surface area contributed by atoms with Gasteiger partial charge in [-0.2, -0.15) is 0 Å². The maximum Gasteiger partial charge on any atom is 0.328 e. The fourth-order valence-corrected chi connectivity index (χ4v) is 2.88. The van der Waals surface area contributed by atoms with E-state index in [0.29, 0.717) is 0 Å². The van der Waals surface area contributed by atoms with Crippen LogP contribution >= 0.6 is 0 Å². The molecule has 0 radical (unpaired) electrons.